The molecule has 0 aliphatic rings. The largest absolute Gasteiger partial charge is 0.396 e. The topological polar surface area (TPSA) is 30.9 Å². The summed E-state index contributed by atoms with van der Waals surface area (Å²) in [5, 5.41) is 2.49. The fourth-order valence-corrected chi connectivity index (χ4v) is 3.26. The summed E-state index contributed by atoms with van der Waals surface area (Å²) in [5.41, 5.74) is 10.4. The predicted molar refractivity (Wildman–Crippen MR) is 92.9 cm³/mol. The first-order valence-electron chi connectivity index (χ1n) is 6.80. The standard InChI is InChI=1S/C18H13BrN2/c19-14-8-5-11-17(18(14)20)21-15-9-3-1-6-12(15)13-7-2-4-10-16(13)21/h1-11H,20H2. The van der Waals surface area contributed by atoms with Gasteiger partial charge in [-0.15, -0.1) is 0 Å². The van der Waals surface area contributed by atoms with Crippen molar-refractivity contribution in [3.8, 4) is 5.69 Å². The van der Waals surface area contributed by atoms with Crippen LogP contribution in [0.3, 0.4) is 0 Å². The van der Waals surface area contributed by atoms with Crippen molar-refractivity contribution in [2.75, 3.05) is 5.73 Å². The molecule has 2 N–H and O–H groups in total. The summed E-state index contributed by atoms with van der Waals surface area (Å²) in [5.74, 6) is 0. The smallest absolute Gasteiger partial charge is 0.0703 e. The van der Waals surface area contributed by atoms with Gasteiger partial charge >= 0.3 is 0 Å². The maximum Gasteiger partial charge on any atom is 0.0703 e. The second-order valence-electron chi connectivity index (χ2n) is 5.04. The fraction of sp³-hybridized carbons (Fsp3) is 0. The third-order valence-corrected chi connectivity index (χ3v) is 4.54. The minimum atomic E-state index is 0.754. The molecule has 1 heterocycles. The first kappa shape index (κ1) is 12.5. The predicted octanol–water partition coefficient (Wildman–Crippen LogP) is 5.13. The Bertz CT molecular complexity index is 916. The summed E-state index contributed by atoms with van der Waals surface area (Å²) in [6.45, 7) is 0. The summed E-state index contributed by atoms with van der Waals surface area (Å²) in [6.07, 6.45) is 0. The lowest BCUT2D eigenvalue weighted by Crippen LogP contribution is -2.00. The second kappa shape index (κ2) is 4.64. The van der Waals surface area contributed by atoms with E-state index in [0.29, 0.717) is 0 Å². The highest BCUT2D eigenvalue weighted by Gasteiger charge is 2.13. The van der Waals surface area contributed by atoms with Crippen molar-refractivity contribution in [2.45, 2.75) is 0 Å². The minimum absolute atomic E-state index is 0.754. The summed E-state index contributed by atoms with van der Waals surface area (Å²) < 4.78 is 3.15. The molecule has 1 aromatic heterocycles. The van der Waals surface area contributed by atoms with Crippen molar-refractivity contribution < 1.29 is 0 Å². The van der Waals surface area contributed by atoms with Gasteiger partial charge in [0.25, 0.3) is 0 Å². The zero-order valence-corrected chi connectivity index (χ0v) is 12.8. The number of hydrogen-bond acceptors (Lipinski definition) is 1. The average Bonchev–Trinajstić information content (AvgIpc) is 2.85. The van der Waals surface area contributed by atoms with Gasteiger partial charge in [0.05, 0.1) is 22.4 Å². The number of nitrogen functional groups attached to an aromatic ring is 1. The van der Waals surface area contributed by atoms with Gasteiger partial charge < -0.3 is 10.3 Å². The molecule has 0 radical (unpaired) electrons. The number of anilines is 1. The monoisotopic (exact) mass is 336 g/mol. The molecule has 0 unspecified atom stereocenters. The number of halogens is 1. The Morgan fingerprint density at radius 2 is 1.29 bits per heavy atom. The lowest BCUT2D eigenvalue weighted by molar-refractivity contribution is 1.18. The highest BCUT2D eigenvalue weighted by molar-refractivity contribution is 9.10. The third-order valence-electron chi connectivity index (χ3n) is 3.85. The van der Waals surface area contributed by atoms with Crippen LogP contribution in [0.2, 0.25) is 0 Å². The Kier molecular flexibility index (Phi) is 2.76. The molecule has 4 rings (SSSR count). The maximum atomic E-state index is 6.29. The number of fused-ring (bicyclic) bond motifs is 3. The highest BCUT2D eigenvalue weighted by atomic mass is 79.9. The Morgan fingerprint density at radius 1 is 0.714 bits per heavy atom. The van der Waals surface area contributed by atoms with Crippen LogP contribution in [-0.4, -0.2) is 4.57 Å². The van der Waals surface area contributed by atoms with E-state index in [-0.39, 0.29) is 0 Å². The Morgan fingerprint density at radius 3 is 1.90 bits per heavy atom. The van der Waals surface area contributed by atoms with E-state index in [1.54, 1.807) is 0 Å². The number of para-hydroxylation sites is 3. The number of hydrogen-bond donors (Lipinski definition) is 1. The van der Waals surface area contributed by atoms with Crippen LogP contribution in [0.5, 0.6) is 0 Å². The van der Waals surface area contributed by atoms with Crippen molar-refractivity contribution in [3.05, 3.63) is 71.2 Å². The molecule has 0 aliphatic heterocycles. The molecule has 102 valence electrons. The molecular weight excluding hydrogens is 324 g/mol. The van der Waals surface area contributed by atoms with Crippen LogP contribution in [0.1, 0.15) is 0 Å². The molecule has 0 saturated carbocycles. The Hall–Kier alpha value is -2.26. The van der Waals surface area contributed by atoms with Crippen molar-refractivity contribution in [1.29, 1.82) is 0 Å². The van der Waals surface area contributed by atoms with E-state index >= 15 is 0 Å². The molecule has 0 bridgehead atoms. The zero-order valence-electron chi connectivity index (χ0n) is 11.3. The van der Waals surface area contributed by atoms with Gasteiger partial charge in [0.1, 0.15) is 0 Å². The lowest BCUT2D eigenvalue weighted by atomic mass is 10.2. The van der Waals surface area contributed by atoms with E-state index in [0.717, 1.165) is 15.8 Å². The molecule has 0 spiro atoms. The summed E-state index contributed by atoms with van der Waals surface area (Å²) >= 11 is 3.52. The van der Waals surface area contributed by atoms with Gasteiger partial charge in [0.2, 0.25) is 0 Å². The average molecular weight is 337 g/mol. The minimum Gasteiger partial charge on any atom is -0.396 e. The number of rotatable bonds is 1. The molecule has 4 aromatic rings. The Labute approximate surface area is 130 Å². The maximum absolute atomic E-state index is 6.29. The van der Waals surface area contributed by atoms with Crippen molar-refractivity contribution >= 4 is 43.4 Å². The third kappa shape index (κ3) is 1.78. The van der Waals surface area contributed by atoms with E-state index in [9.17, 15) is 0 Å². The van der Waals surface area contributed by atoms with Crippen LogP contribution >= 0.6 is 15.9 Å². The van der Waals surface area contributed by atoms with Crippen LogP contribution in [0.15, 0.2) is 71.2 Å². The van der Waals surface area contributed by atoms with Crippen LogP contribution < -0.4 is 5.73 Å². The number of aromatic nitrogens is 1. The van der Waals surface area contributed by atoms with Crippen LogP contribution in [0, 0.1) is 0 Å². The quantitative estimate of drug-likeness (QED) is 0.480. The SMILES string of the molecule is Nc1c(Br)cccc1-n1c2ccccc2c2ccccc21. The molecule has 0 aliphatic carbocycles. The highest BCUT2D eigenvalue weighted by Crippen LogP contribution is 2.35. The number of nitrogens with two attached hydrogens (primary N) is 1. The van der Waals surface area contributed by atoms with Gasteiger partial charge in [-0.25, -0.2) is 0 Å². The van der Waals surface area contributed by atoms with Gasteiger partial charge in [-0.2, -0.15) is 0 Å². The van der Waals surface area contributed by atoms with Crippen molar-refractivity contribution in [1.82, 2.24) is 4.57 Å². The van der Waals surface area contributed by atoms with Crippen LogP contribution in [0.25, 0.3) is 27.5 Å². The second-order valence-corrected chi connectivity index (χ2v) is 5.90. The molecule has 3 heteroatoms. The van der Waals surface area contributed by atoms with Gasteiger partial charge in [-0.1, -0.05) is 42.5 Å². The molecule has 0 fully saturated rings. The normalized spacial score (nSPS) is 11.3. The molecule has 21 heavy (non-hydrogen) atoms. The fourth-order valence-electron chi connectivity index (χ4n) is 2.90. The first-order valence-corrected chi connectivity index (χ1v) is 7.59. The van der Waals surface area contributed by atoms with Gasteiger partial charge in [-0.05, 0) is 40.2 Å². The number of benzene rings is 3. The van der Waals surface area contributed by atoms with Gasteiger partial charge in [0.15, 0.2) is 0 Å². The van der Waals surface area contributed by atoms with Gasteiger partial charge in [-0.3, -0.25) is 0 Å². The summed E-state index contributed by atoms with van der Waals surface area (Å²) in [7, 11) is 0. The van der Waals surface area contributed by atoms with Crippen molar-refractivity contribution in [3.63, 3.8) is 0 Å². The first-order chi connectivity index (χ1) is 10.3. The Balaban J connectivity index is 2.23. The van der Waals surface area contributed by atoms with Crippen molar-refractivity contribution in [2.24, 2.45) is 0 Å². The van der Waals surface area contributed by atoms with E-state index < -0.39 is 0 Å². The molecular formula is C18H13BrN2. The van der Waals surface area contributed by atoms with E-state index in [2.05, 4.69) is 75.1 Å². The van der Waals surface area contributed by atoms with Crippen LogP contribution in [-0.2, 0) is 0 Å². The van der Waals surface area contributed by atoms with E-state index in [4.69, 9.17) is 5.73 Å². The zero-order chi connectivity index (χ0) is 14.4. The lowest BCUT2D eigenvalue weighted by Gasteiger charge is -2.11. The van der Waals surface area contributed by atoms with E-state index in [1.807, 2.05) is 12.1 Å². The summed E-state index contributed by atoms with van der Waals surface area (Å²) in [6, 6.07) is 22.9. The molecule has 0 amide bonds. The molecule has 0 saturated heterocycles. The molecule has 0 atom stereocenters. The van der Waals surface area contributed by atoms with Crippen LogP contribution in [0.4, 0.5) is 5.69 Å². The summed E-state index contributed by atoms with van der Waals surface area (Å²) in [4.78, 5) is 0. The van der Waals surface area contributed by atoms with E-state index in [1.165, 1.54) is 21.8 Å². The molecule has 3 aromatic carbocycles. The van der Waals surface area contributed by atoms with Gasteiger partial charge in [0, 0.05) is 15.2 Å². The number of nitrogens with zero attached hydrogens (tertiary/aromatic N) is 1. The molecule has 2 nitrogen and oxygen atoms in total.